The van der Waals surface area contributed by atoms with Crippen LogP contribution in [0.3, 0.4) is 0 Å². The fourth-order valence-corrected chi connectivity index (χ4v) is 1.07. The minimum absolute atomic E-state index is 0.0405. The first-order valence-corrected chi connectivity index (χ1v) is 4.61. The molecule has 0 saturated heterocycles. The maximum atomic E-state index is 10.3. The normalized spacial score (nSPS) is 9.79. The molecule has 76 valence electrons. The van der Waals surface area contributed by atoms with E-state index in [4.69, 9.17) is 8.37 Å². The summed E-state index contributed by atoms with van der Waals surface area (Å²) in [5, 5.41) is 10.3. The highest BCUT2D eigenvalue weighted by atomic mass is 32.2. The number of hydrogen-bond acceptors (Lipinski definition) is 5. The highest BCUT2D eigenvalue weighted by molar-refractivity contribution is 7.90. The molecule has 0 aromatic heterocycles. The molecule has 1 aromatic carbocycles. The summed E-state index contributed by atoms with van der Waals surface area (Å²) in [6.45, 7) is 2.38. The zero-order valence-corrected chi connectivity index (χ0v) is 8.32. The van der Waals surface area contributed by atoms with E-state index < -0.39 is 4.92 Å². The molecule has 0 aliphatic heterocycles. The Morgan fingerprint density at radius 2 is 2.07 bits per heavy atom. The molecule has 6 heteroatoms. The van der Waals surface area contributed by atoms with Gasteiger partial charge in [0.2, 0.25) is 12.3 Å². The Morgan fingerprint density at radius 1 is 1.43 bits per heavy atom. The molecule has 1 rings (SSSR count). The van der Waals surface area contributed by atoms with Gasteiger partial charge in [0.1, 0.15) is 5.75 Å². The van der Waals surface area contributed by atoms with Gasteiger partial charge >= 0.3 is 0 Å². The van der Waals surface area contributed by atoms with Crippen molar-refractivity contribution in [1.82, 2.24) is 0 Å². The van der Waals surface area contributed by atoms with Crippen molar-refractivity contribution >= 4 is 18.0 Å². The number of nitro benzene ring substituents is 1. The number of nitro groups is 1. The van der Waals surface area contributed by atoms with Crippen molar-refractivity contribution in [1.29, 1.82) is 0 Å². The van der Waals surface area contributed by atoms with E-state index in [-0.39, 0.29) is 5.69 Å². The van der Waals surface area contributed by atoms with Gasteiger partial charge < -0.3 is 4.18 Å². The third-order valence-electron chi connectivity index (χ3n) is 1.34. The van der Waals surface area contributed by atoms with Crippen molar-refractivity contribution in [3.8, 4) is 5.75 Å². The molecule has 0 unspecified atom stereocenters. The van der Waals surface area contributed by atoms with E-state index in [0.717, 1.165) is 12.3 Å². The maximum absolute atomic E-state index is 10.3. The van der Waals surface area contributed by atoms with Crippen LogP contribution >= 0.6 is 12.3 Å². The molecule has 0 atom stereocenters. The molecule has 0 N–H and O–H groups in total. The van der Waals surface area contributed by atoms with Crippen LogP contribution in [0.15, 0.2) is 24.3 Å². The Bertz CT molecular complexity index is 301. The topological polar surface area (TPSA) is 61.6 Å². The lowest BCUT2D eigenvalue weighted by molar-refractivity contribution is -0.384. The summed E-state index contributed by atoms with van der Waals surface area (Å²) in [4.78, 5) is 9.85. The fraction of sp³-hybridized carbons (Fsp3) is 0.250. The number of non-ortho nitro benzene ring substituents is 1. The van der Waals surface area contributed by atoms with E-state index in [1.165, 1.54) is 24.3 Å². The van der Waals surface area contributed by atoms with Crippen LogP contribution in [-0.4, -0.2) is 11.5 Å². The van der Waals surface area contributed by atoms with Crippen molar-refractivity contribution < 1.29 is 13.3 Å². The summed E-state index contributed by atoms with van der Waals surface area (Å²) < 4.78 is 9.93. The average Bonchev–Trinajstić information content (AvgIpc) is 2.19. The molecule has 5 nitrogen and oxygen atoms in total. The fourth-order valence-electron chi connectivity index (χ4n) is 0.735. The molecular weight excluding hydrogens is 206 g/mol. The van der Waals surface area contributed by atoms with Gasteiger partial charge in [-0.25, -0.2) is 0 Å². The monoisotopic (exact) mass is 215 g/mol. The largest absolute Gasteiger partial charge is 0.400 e. The van der Waals surface area contributed by atoms with Gasteiger partial charge in [-0.3, -0.25) is 14.3 Å². The van der Waals surface area contributed by atoms with Crippen molar-refractivity contribution in [3.05, 3.63) is 34.4 Å². The second-order valence-electron chi connectivity index (χ2n) is 2.31. The van der Waals surface area contributed by atoms with Gasteiger partial charge in [-0.2, -0.15) is 0 Å². The molecule has 0 aliphatic rings. The third-order valence-corrected chi connectivity index (χ3v) is 1.94. The molecule has 0 aliphatic carbocycles. The zero-order valence-electron chi connectivity index (χ0n) is 7.50. The minimum Gasteiger partial charge on any atom is -0.400 e. The van der Waals surface area contributed by atoms with Gasteiger partial charge in [-0.05, 0) is 19.1 Å². The van der Waals surface area contributed by atoms with E-state index in [1.54, 1.807) is 0 Å². The molecule has 14 heavy (non-hydrogen) atoms. The molecule has 0 spiro atoms. The number of benzene rings is 1. The van der Waals surface area contributed by atoms with Crippen LogP contribution in [-0.2, 0) is 4.18 Å². The van der Waals surface area contributed by atoms with E-state index in [1.807, 2.05) is 6.92 Å². The first kappa shape index (κ1) is 10.8. The molecule has 0 saturated carbocycles. The smallest absolute Gasteiger partial charge is 0.269 e. The van der Waals surface area contributed by atoms with E-state index in [2.05, 4.69) is 0 Å². The average molecular weight is 215 g/mol. The second-order valence-corrected chi connectivity index (χ2v) is 2.85. The standard InChI is InChI=1S/C8H9NO4S/c1-2-12-14-13-8-5-3-7(4-6-8)9(10)11/h3-6H,2H2,1H3. The highest BCUT2D eigenvalue weighted by Crippen LogP contribution is 2.20. The number of hydrogen-bond donors (Lipinski definition) is 0. The number of nitrogens with zero attached hydrogens (tertiary/aromatic N) is 1. The van der Waals surface area contributed by atoms with Crippen LogP contribution in [0, 0.1) is 10.1 Å². The van der Waals surface area contributed by atoms with Gasteiger partial charge in [0, 0.05) is 12.1 Å². The van der Waals surface area contributed by atoms with Crippen molar-refractivity contribution in [3.63, 3.8) is 0 Å². The second kappa shape index (κ2) is 5.46. The highest BCUT2D eigenvalue weighted by Gasteiger charge is 2.04. The molecule has 0 bridgehead atoms. The van der Waals surface area contributed by atoms with E-state index in [9.17, 15) is 10.1 Å². The lowest BCUT2D eigenvalue weighted by Gasteiger charge is -2.01. The lowest BCUT2D eigenvalue weighted by atomic mass is 10.3. The summed E-state index contributed by atoms with van der Waals surface area (Å²) >= 11 is 0.851. The Labute approximate surface area is 85.6 Å². The van der Waals surface area contributed by atoms with Crippen LogP contribution < -0.4 is 4.18 Å². The van der Waals surface area contributed by atoms with Crippen LogP contribution in [0.25, 0.3) is 0 Å². The molecule has 0 amide bonds. The maximum Gasteiger partial charge on any atom is 0.269 e. The van der Waals surface area contributed by atoms with Gasteiger partial charge in [-0.15, -0.1) is 0 Å². The van der Waals surface area contributed by atoms with Crippen LogP contribution in [0.1, 0.15) is 6.92 Å². The molecular formula is C8H9NO4S. The molecule has 0 heterocycles. The van der Waals surface area contributed by atoms with E-state index >= 15 is 0 Å². The summed E-state index contributed by atoms with van der Waals surface area (Å²) in [5.41, 5.74) is 0.0405. The number of rotatable bonds is 5. The first-order chi connectivity index (χ1) is 6.74. The van der Waals surface area contributed by atoms with Gasteiger partial charge in [0.25, 0.3) is 5.69 Å². The van der Waals surface area contributed by atoms with Crippen molar-refractivity contribution in [2.45, 2.75) is 6.92 Å². The zero-order chi connectivity index (χ0) is 10.4. The Hall–Kier alpha value is -1.27. The predicted octanol–water partition coefficient (Wildman–Crippen LogP) is 2.57. The van der Waals surface area contributed by atoms with Gasteiger partial charge in [-0.1, -0.05) is 0 Å². The van der Waals surface area contributed by atoms with Crippen LogP contribution in [0.4, 0.5) is 5.69 Å². The summed E-state index contributed by atoms with van der Waals surface area (Å²) in [6, 6.07) is 5.79. The SMILES string of the molecule is CCOSOc1ccc([N+](=O)[O-])cc1. The van der Waals surface area contributed by atoms with Gasteiger partial charge in [0.15, 0.2) is 0 Å². The molecule has 1 aromatic rings. The summed E-state index contributed by atoms with van der Waals surface area (Å²) in [6.07, 6.45) is 0. The molecule has 0 fully saturated rings. The van der Waals surface area contributed by atoms with Crippen molar-refractivity contribution in [2.24, 2.45) is 0 Å². The minimum atomic E-state index is -0.459. The van der Waals surface area contributed by atoms with Crippen LogP contribution in [0.5, 0.6) is 5.75 Å². The first-order valence-electron chi connectivity index (χ1n) is 3.94. The van der Waals surface area contributed by atoms with Gasteiger partial charge in [0.05, 0.1) is 11.5 Å². The summed E-state index contributed by atoms with van der Waals surface area (Å²) in [5.74, 6) is 0.522. The Morgan fingerprint density at radius 3 is 2.57 bits per heavy atom. The Balaban J connectivity index is 2.51. The van der Waals surface area contributed by atoms with Crippen LogP contribution in [0.2, 0.25) is 0 Å². The summed E-state index contributed by atoms with van der Waals surface area (Å²) in [7, 11) is 0. The Kier molecular flexibility index (Phi) is 4.21. The predicted molar refractivity (Wildman–Crippen MR) is 52.9 cm³/mol. The quantitative estimate of drug-likeness (QED) is 0.327. The molecule has 0 radical (unpaired) electrons. The van der Waals surface area contributed by atoms with E-state index in [0.29, 0.717) is 12.4 Å². The third kappa shape index (κ3) is 3.23. The lowest BCUT2D eigenvalue weighted by Crippen LogP contribution is -1.88. The van der Waals surface area contributed by atoms with Crippen molar-refractivity contribution in [2.75, 3.05) is 6.61 Å².